The molecule has 1 aliphatic carbocycles. The van der Waals surface area contributed by atoms with Crippen molar-refractivity contribution in [1.29, 1.82) is 0 Å². The van der Waals surface area contributed by atoms with Crippen LogP contribution in [-0.4, -0.2) is 11.6 Å². The number of carbonyl (C=O) groups is 2. The van der Waals surface area contributed by atoms with Crippen LogP contribution in [0.2, 0.25) is 0 Å². The summed E-state index contributed by atoms with van der Waals surface area (Å²) in [5.41, 5.74) is 3.29. The van der Waals surface area contributed by atoms with E-state index >= 15 is 0 Å². The van der Waals surface area contributed by atoms with Crippen molar-refractivity contribution in [3.05, 3.63) is 94.5 Å². The molecule has 5 rings (SSSR count). The number of rotatable bonds is 2. The Hall–Kier alpha value is -3.26. The first-order valence-corrected chi connectivity index (χ1v) is 9.35. The summed E-state index contributed by atoms with van der Waals surface area (Å²) < 4.78 is 0. The van der Waals surface area contributed by atoms with Gasteiger partial charge in [0.15, 0.2) is 11.6 Å². The Labute approximate surface area is 157 Å². The van der Waals surface area contributed by atoms with Crippen molar-refractivity contribution in [3.63, 3.8) is 0 Å². The van der Waals surface area contributed by atoms with Gasteiger partial charge in [0.1, 0.15) is 0 Å². The lowest BCUT2D eigenvalue weighted by molar-refractivity contribution is 0.0979. The highest BCUT2D eigenvalue weighted by Crippen LogP contribution is 2.34. The van der Waals surface area contributed by atoms with Gasteiger partial charge in [-0.05, 0) is 57.8 Å². The van der Waals surface area contributed by atoms with Crippen LogP contribution in [0, 0.1) is 0 Å². The predicted molar refractivity (Wildman–Crippen MR) is 109 cm³/mol. The molecule has 27 heavy (non-hydrogen) atoms. The fourth-order valence-electron chi connectivity index (χ4n) is 4.16. The molecule has 0 heterocycles. The topological polar surface area (TPSA) is 34.1 Å². The van der Waals surface area contributed by atoms with Crippen molar-refractivity contribution < 1.29 is 9.59 Å². The van der Waals surface area contributed by atoms with Crippen LogP contribution in [0.4, 0.5) is 0 Å². The van der Waals surface area contributed by atoms with E-state index in [1.165, 1.54) is 5.56 Å². The Morgan fingerprint density at radius 1 is 0.630 bits per heavy atom. The van der Waals surface area contributed by atoms with Crippen LogP contribution in [0.25, 0.3) is 21.5 Å². The molecule has 0 N–H and O–H groups in total. The molecule has 0 atom stereocenters. The van der Waals surface area contributed by atoms with Gasteiger partial charge in [0.05, 0.1) is 0 Å². The highest BCUT2D eigenvalue weighted by Gasteiger charge is 2.30. The first kappa shape index (κ1) is 16.0. The number of ketones is 2. The second kappa shape index (κ2) is 5.88. The molecule has 1 aliphatic rings. The Kier molecular flexibility index (Phi) is 3.48. The van der Waals surface area contributed by atoms with Crippen molar-refractivity contribution in [1.82, 2.24) is 0 Å². The van der Waals surface area contributed by atoms with Crippen LogP contribution < -0.4 is 0 Å². The van der Waals surface area contributed by atoms with Gasteiger partial charge >= 0.3 is 0 Å². The minimum Gasteiger partial charge on any atom is -0.289 e. The summed E-state index contributed by atoms with van der Waals surface area (Å²) in [5, 5.41) is 4.05. The number of carbonyl (C=O) groups excluding carboxylic acids is 2. The summed E-state index contributed by atoms with van der Waals surface area (Å²) >= 11 is 0. The average Bonchev–Trinajstić information content (AvgIpc) is 2.70. The van der Waals surface area contributed by atoms with Crippen LogP contribution in [0.15, 0.2) is 66.7 Å². The van der Waals surface area contributed by atoms with Gasteiger partial charge in [0.25, 0.3) is 0 Å². The third-order valence-electron chi connectivity index (χ3n) is 5.49. The Morgan fingerprint density at radius 2 is 1.15 bits per heavy atom. The maximum Gasteiger partial charge on any atom is 0.194 e. The van der Waals surface area contributed by atoms with Gasteiger partial charge in [-0.1, -0.05) is 55.8 Å². The molecule has 0 spiro atoms. The van der Waals surface area contributed by atoms with Crippen molar-refractivity contribution in [2.45, 2.75) is 19.8 Å². The number of benzene rings is 4. The molecule has 2 heteroatoms. The minimum atomic E-state index is -0.0619. The third-order valence-corrected chi connectivity index (χ3v) is 5.49. The predicted octanol–water partition coefficient (Wildman–Crippen LogP) is 5.72. The Bertz CT molecular complexity index is 1260. The van der Waals surface area contributed by atoms with E-state index in [0.717, 1.165) is 34.4 Å². The summed E-state index contributed by atoms with van der Waals surface area (Å²) in [6, 6.07) is 21.5. The van der Waals surface area contributed by atoms with Gasteiger partial charge in [-0.2, -0.15) is 0 Å². The summed E-state index contributed by atoms with van der Waals surface area (Å²) in [7, 11) is 0. The van der Waals surface area contributed by atoms with Crippen molar-refractivity contribution in [3.8, 4) is 0 Å². The highest BCUT2D eigenvalue weighted by atomic mass is 16.1. The SMILES string of the molecule is CCCc1cccc2cc3c(cc12)C(=O)c1cc2ccccc2cc1C3=O. The molecule has 0 saturated heterocycles. The molecule has 0 unspecified atom stereocenters. The average molecular weight is 350 g/mol. The van der Waals surface area contributed by atoms with Gasteiger partial charge in [-0.15, -0.1) is 0 Å². The maximum absolute atomic E-state index is 13.3. The Balaban J connectivity index is 1.79. The maximum atomic E-state index is 13.3. The molecule has 0 aromatic heterocycles. The summed E-state index contributed by atoms with van der Waals surface area (Å²) in [6.07, 6.45) is 2.00. The van der Waals surface area contributed by atoms with E-state index in [1.54, 1.807) is 0 Å². The number of hydrogen-bond donors (Lipinski definition) is 0. The second-order valence-corrected chi connectivity index (χ2v) is 7.19. The Morgan fingerprint density at radius 3 is 1.74 bits per heavy atom. The fraction of sp³-hybridized carbons (Fsp3) is 0.120. The zero-order valence-electron chi connectivity index (χ0n) is 15.1. The summed E-state index contributed by atoms with van der Waals surface area (Å²) in [5.74, 6) is -0.119. The van der Waals surface area contributed by atoms with Crippen LogP contribution in [0.1, 0.15) is 50.8 Å². The van der Waals surface area contributed by atoms with Gasteiger partial charge < -0.3 is 0 Å². The molecule has 0 aliphatic heterocycles. The molecule has 0 radical (unpaired) electrons. The summed E-state index contributed by atoms with van der Waals surface area (Å²) in [6.45, 7) is 2.15. The van der Waals surface area contributed by atoms with E-state index in [4.69, 9.17) is 0 Å². The molecule has 0 amide bonds. The van der Waals surface area contributed by atoms with Crippen LogP contribution >= 0.6 is 0 Å². The first-order valence-electron chi connectivity index (χ1n) is 9.35. The van der Waals surface area contributed by atoms with E-state index in [2.05, 4.69) is 13.0 Å². The normalized spacial score (nSPS) is 13.1. The molecular formula is C25H18O2. The quantitative estimate of drug-likeness (QED) is 0.408. The first-order chi connectivity index (χ1) is 13.2. The van der Waals surface area contributed by atoms with E-state index in [-0.39, 0.29) is 11.6 Å². The molecule has 130 valence electrons. The lowest BCUT2D eigenvalue weighted by Crippen LogP contribution is -2.21. The number of aryl methyl sites for hydroxylation is 1. The zero-order chi connectivity index (χ0) is 18.5. The molecular weight excluding hydrogens is 332 g/mol. The van der Waals surface area contributed by atoms with Crippen LogP contribution in [-0.2, 0) is 6.42 Å². The molecule has 0 bridgehead atoms. The number of fused-ring (bicyclic) bond motifs is 4. The van der Waals surface area contributed by atoms with E-state index in [9.17, 15) is 9.59 Å². The summed E-state index contributed by atoms with van der Waals surface area (Å²) in [4.78, 5) is 26.5. The van der Waals surface area contributed by atoms with E-state index < -0.39 is 0 Å². The lowest BCUT2D eigenvalue weighted by atomic mass is 9.81. The smallest absolute Gasteiger partial charge is 0.194 e. The molecule has 4 aromatic rings. The number of hydrogen-bond acceptors (Lipinski definition) is 2. The molecule has 0 fully saturated rings. The second-order valence-electron chi connectivity index (χ2n) is 7.19. The molecule has 4 aromatic carbocycles. The lowest BCUT2D eigenvalue weighted by Gasteiger charge is -2.20. The minimum absolute atomic E-state index is 0.0569. The van der Waals surface area contributed by atoms with E-state index in [1.807, 2.05) is 60.7 Å². The van der Waals surface area contributed by atoms with Crippen molar-refractivity contribution in [2.75, 3.05) is 0 Å². The molecule has 0 saturated carbocycles. The zero-order valence-corrected chi connectivity index (χ0v) is 15.1. The van der Waals surface area contributed by atoms with Crippen LogP contribution in [0.3, 0.4) is 0 Å². The van der Waals surface area contributed by atoms with Crippen molar-refractivity contribution in [2.24, 2.45) is 0 Å². The van der Waals surface area contributed by atoms with Gasteiger partial charge in [-0.3, -0.25) is 9.59 Å². The van der Waals surface area contributed by atoms with Gasteiger partial charge in [0.2, 0.25) is 0 Å². The monoisotopic (exact) mass is 350 g/mol. The van der Waals surface area contributed by atoms with Crippen LogP contribution in [0.5, 0.6) is 0 Å². The van der Waals surface area contributed by atoms with Crippen molar-refractivity contribution >= 4 is 33.1 Å². The van der Waals surface area contributed by atoms with Gasteiger partial charge in [0, 0.05) is 22.3 Å². The standard InChI is InChI=1S/C25H18O2/c1-2-6-15-9-5-10-18-13-22-23(14-19(15)18)25(27)21-12-17-8-4-3-7-16(17)11-20(21)24(22)26/h3-5,7-14H,2,6H2,1H3. The fourth-order valence-corrected chi connectivity index (χ4v) is 4.16. The molecule has 2 nitrogen and oxygen atoms in total. The third kappa shape index (κ3) is 2.33. The highest BCUT2D eigenvalue weighted by molar-refractivity contribution is 6.30. The largest absolute Gasteiger partial charge is 0.289 e. The van der Waals surface area contributed by atoms with Gasteiger partial charge in [-0.25, -0.2) is 0 Å². The van der Waals surface area contributed by atoms with E-state index in [0.29, 0.717) is 22.3 Å².